The lowest BCUT2D eigenvalue weighted by Crippen LogP contribution is -2.06. The molecule has 0 radical (unpaired) electrons. The van der Waals surface area contributed by atoms with Gasteiger partial charge in [0, 0.05) is 11.6 Å². The topological polar surface area (TPSA) is 130 Å². The summed E-state index contributed by atoms with van der Waals surface area (Å²) in [6, 6.07) is 12.5. The molecule has 0 saturated carbocycles. The second-order valence-corrected chi connectivity index (χ2v) is 4.91. The molecule has 0 aliphatic rings. The largest absolute Gasteiger partial charge is 0.383 e. The van der Waals surface area contributed by atoms with Crippen molar-refractivity contribution in [2.45, 2.75) is 0 Å². The Labute approximate surface area is 135 Å². The van der Waals surface area contributed by atoms with Gasteiger partial charge in [0.2, 0.25) is 0 Å². The quantitative estimate of drug-likeness (QED) is 0.579. The minimum atomic E-state index is -0.703. The summed E-state index contributed by atoms with van der Waals surface area (Å²) < 4.78 is 1.20. The van der Waals surface area contributed by atoms with E-state index in [1.807, 2.05) is 30.3 Å². The maximum atomic E-state index is 11.3. The molecule has 24 heavy (non-hydrogen) atoms. The molecule has 0 saturated heterocycles. The molecule has 0 atom stereocenters. The normalized spacial score (nSPS) is 10.5. The first-order valence-corrected chi connectivity index (χ1v) is 6.81. The van der Waals surface area contributed by atoms with Crippen LogP contribution in [0.3, 0.4) is 0 Å². The number of aromatic nitrogens is 2. The maximum Gasteiger partial charge on any atom is 0.301 e. The predicted molar refractivity (Wildman–Crippen MR) is 86.7 cm³/mol. The summed E-state index contributed by atoms with van der Waals surface area (Å²) in [7, 11) is 0. The minimum Gasteiger partial charge on any atom is -0.383 e. The average Bonchev–Trinajstić information content (AvgIpc) is 2.96. The number of hydrogen-bond acceptors (Lipinski definition) is 6. The average molecular weight is 325 g/mol. The molecule has 3 rings (SSSR count). The molecule has 3 aromatic rings. The van der Waals surface area contributed by atoms with Gasteiger partial charge in [0.25, 0.3) is 5.69 Å². The lowest BCUT2D eigenvalue weighted by molar-refractivity contribution is -0.394. The van der Waals surface area contributed by atoms with Crippen LogP contribution in [0.15, 0.2) is 54.7 Å². The van der Waals surface area contributed by atoms with E-state index in [2.05, 4.69) is 5.10 Å². The first-order chi connectivity index (χ1) is 11.5. The molecule has 2 N–H and O–H groups in total. The minimum absolute atomic E-state index is 0.0604. The van der Waals surface area contributed by atoms with Crippen LogP contribution in [0.1, 0.15) is 0 Å². The Morgan fingerprint density at radius 2 is 1.71 bits per heavy atom. The van der Waals surface area contributed by atoms with Gasteiger partial charge in [-0.1, -0.05) is 30.3 Å². The van der Waals surface area contributed by atoms with Crippen molar-refractivity contribution in [2.75, 3.05) is 5.73 Å². The van der Waals surface area contributed by atoms with Crippen molar-refractivity contribution in [3.63, 3.8) is 0 Å². The van der Waals surface area contributed by atoms with Crippen molar-refractivity contribution >= 4 is 17.2 Å². The monoisotopic (exact) mass is 325 g/mol. The summed E-state index contributed by atoms with van der Waals surface area (Å²) in [5.74, 6) is 0.207. The Kier molecular flexibility index (Phi) is 3.66. The molecule has 0 bridgehead atoms. The van der Waals surface area contributed by atoms with Crippen LogP contribution in [0, 0.1) is 20.2 Å². The van der Waals surface area contributed by atoms with Gasteiger partial charge in [-0.15, -0.1) is 0 Å². The molecule has 120 valence electrons. The van der Waals surface area contributed by atoms with E-state index in [1.54, 1.807) is 0 Å². The second-order valence-electron chi connectivity index (χ2n) is 4.91. The Morgan fingerprint density at radius 3 is 2.33 bits per heavy atom. The summed E-state index contributed by atoms with van der Waals surface area (Å²) in [6.07, 6.45) is 1.50. The molecule has 0 amide bonds. The van der Waals surface area contributed by atoms with E-state index >= 15 is 0 Å². The fourth-order valence-corrected chi connectivity index (χ4v) is 2.34. The number of hydrogen-bond donors (Lipinski definition) is 1. The van der Waals surface area contributed by atoms with Crippen LogP contribution >= 0.6 is 0 Å². The fraction of sp³-hybridized carbons (Fsp3) is 0. The standard InChI is InChI=1S/C15H11N5O4/c16-15-12(10-4-2-1-3-5-10)9-17-18(15)13-7-6-11(19(21)22)8-14(13)20(23)24/h1-9H,16H2. The van der Waals surface area contributed by atoms with Crippen LogP contribution in [0.5, 0.6) is 0 Å². The number of anilines is 1. The van der Waals surface area contributed by atoms with Crippen LogP contribution < -0.4 is 5.73 Å². The number of nitro benzene ring substituents is 2. The van der Waals surface area contributed by atoms with E-state index < -0.39 is 15.5 Å². The number of non-ortho nitro benzene ring substituents is 1. The Balaban J connectivity index is 2.15. The number of benzene rings is 2. The molecule has 0 unspecified atom stereocenters. The van der Waals surface area contributed by atoms with Crippen molar-refractivity contribution in [1.82, 2.24) is 9.78 Å². The summed E-state index contributed by atoms with van der Waals surface area (Å²) in [5.41, 5.74) is 6.74. The van der Waals surface area contributed by atoms with Crippen molar-refractivity contribution in [3.8, 4) is 16.8 Å². The number of nitrogen functional groups attached to an aromatic ring is 1. The van der Waals surface area contributed by atoms with Crippen LogP contribution in [0.2, 0.25) is 0 Å². The molecule has 0 aliphatic heterocycles. The molecule has 2 aromatic carbocycles. The van der Waals surface area contributed by atoms with E-state index in [9.17, 15) is 20.2 Å². The van der Waals surface area contributed by atoms with Crippen molar-refractivity contribution in [2.24, 2.45) is 0 Å². The van der Waals surface area contributed by atoms with Gasteiger partial charge in [-0.25, -0.2) is 4.68 Å². The number of rotatable bonds is 4. The first kappa shape index (κ1) is 15.2. The van der Waals surface area contributed by atoms with E-state index in [4.69, 9.17) is 5.73 Å². The lowest BCUT2D eigenvalue weighted by atomic mass is 10.1. The molecule has 0 spiro atoms. The maximum absolute atomic E-state index is 11.3. The number of nitrogens with two attached hydrogens (primary N) is 1. The zero-order chi connectivity index (χ0) is 17.3. The highest BCUT2D eigenvalue weighted by Gasteiger charge is 2.23. The highest BCUT2D eigenvalue weighted by atomic mass is 16.6. The van der Waals surface area contributed by atoms with Gasteiger partial charge in [0.15, 0.2) is 0 Å². The lowest BCUT2D eigenvalue weighted by Gasteiger charge is -2.06. The van der Waals surface area contributed by atoms with E-state index in [0.29, 0.717) is 5.56 Å². The third-order valence-corrected chi connectivity index (χ3v) is 3.49. The molecule has 1 heterocycles. The van der Waals surface area contributed by atoms with Gasteiger partial charge in [0.1, 0.15) is 11.5 Å². The van der Waals surface area contributed by atoms with Crippen molar-refractivity contribution in [3.05, 3.63) is 75.0 Å². The van der Waals surface area contributed by atoms with Gasteiger partial charge in [0.05, 0.1) is 22.1 Å². The van der Waals surface area contributed by atoms with Crippen LogP contribution in [-0.4, -0.2) is 19.6 Å². The molecule has 9 nitrogen and oxygen atoms in total. The van der Waals surface area contributed by atoms with Gasteiger partial charge >= 0.3 is 5.69 Å². The summed E-state index contributed by atoms with van der Waals surface area (Å²) >= 11 is 0. The van der Waals surface area contributed by atoms with Gasteiger partial charge in [-0.2, -0.15) is 5.10 Å². The Hall–Kier alpha value is -3.75. The van der Waals surface area contributed by atoms with Crippen LogP contribution in [0.25, 0.3) is 16.8 Å². The zero-order valence-electron chi connectivity index (χ0n) is 12.2. The van der Waals surface area contributed by atoms with Gasteiger partial charge in [-0.05, 0) is 11.6 Å². The highest BCUT2D eigenvalue weighted by Crippen LogP contribution is 2.32. The zero-order valence-corrected chi connectivity index (χ0v) is 12.2. The van der Waals surface area contributed by atoms with Crippen LogP contribution in [-0.2, 0) is 0 Å². The van der Waals surface area contributed by atoms with E-state index in [0.717, 1.165) is 11.6 Å². The van der Waals surface area contributed by atoms with Crippen LogP contribution in [0.4, 0.5) is 17.2 Å². The molecule has 0 aliphatic carbocycles. The smallest absolute Gasteiger partial charge is 0.301 e. The summed E-state index contributed by atoms with van der Waals surface area (Å²) in [5, 5.41) is 26.2. The van der Waals surface area contributed by atoms with Gasteiger partial charge in [-0.3, -0.25) is 20.2 Å². The molecule has 0 fully saturated rings. The van der Waals surface area contributed by atoms with Crippen molar-refractivity contribution < 1.29 is 9.85 Å². The summed E-state index contributed by atoms with van der Waals surface area (Å²) in [4.78, 5) is 20.7. The predicted octanol–water partition coefficient (Wildman–Crippen LogP) is 2.94. The van der Waals surface area contributed by atoms with Crippen molar-refractivity contribution in [1.29, 1.82) is 0 Å². The third-order valence-electron chi connectivity index (χ3n) is 3.49. The first-order valence-electron chi connectivity index (χ1n) is 6.81. The Morgan fingerprint density at radius 1 is 1.00 bits per heavy atom. The molecular weight excluding hydrogens is 314 g/mol. The van der Waals surface area contributed by atoms with E-state index in [-0.39, 0.29) is 17.2 Å². The SMILES string of the molecule is Nc1c(-c2ccccc2)cnn1-c1ccc([N+](=O)[O-])cc1[N+](=O)[O-]. The van der Waals surface area contributed by atoms with E-state index in [1.165, 1.54) is 23.0 Å². The molecular formula is C15H11N5O4. The number of nitrogens with zero attached hydrogens (tertiary/aromatic N) is 4. The van der Waals surface area contributed by atoms with Gasteiger partial charge < -0.3 is 5.73 Å². The number of nitro groups is 2. The fourth-order valence-electron chi connectivity index (χ4n) is 2.34. The molecule has 9 heteroatoms. The highest BCUT2D eigenvalue weighted by molar-refractivity contribution is 5.75. The Bertz CT molecular complexity index is 936. The molecule has 1 aromatic heterocycles. The third kappa shape index (κ3) is 2.54. The second kappa shape index (κ2) is 5.80. The summed E-state index contributed by atoms with van der Waals surface area (Å²) in [6.45, 7) is 0.